The average molecular weight is 537 g/mol. The van der Waals surface area contributed by atoms with Gasteiger partial charge in [-0.1, -0.05) is 0 Å². The van der Waals surface area contributed by atoms with Crippen molar-refractivity contribution in [2.45, 2.75) is 68.3 Å². The normalized spacial score (nSPS) is 24.2. The number of halogens is 3. The lowest BCUT2D eigenvalue weighted by Crippen LogP contribution is -2.61. The third kappa shape index (κ3) is 5.96. The van der Waals surface area contributed by atoms with Gasteiger partial charge in [0.05, 0.1) is 5.56 Å². The van der Waals surface area contributed by atoms with Crippen molar-refractivity contribution in [3.05, 3.63) is 29.8 Å². The number of piperidine rings is 1. The zero-order valence-electron chi connectivity index (χ0n) is 19.8. The van der Waals surface area contributed by atoms with E-state index in [9.17, 15) is 26.4 Å². The third-order valence-corrected chi connectivity index (χ3v) is 9.48. The predicted molar refractivity (Wildman–Crippen MR) is 121 cm³/mol. The van der Waals surface area contributed by atoms with Crippen molar-refractivity contribution in [2.24, 2.45) is 0 Å². The van der Waals surface area contributed by atoms with E-state index in [0.29, 0.717) is 25.9 Å². The summed E-state index contributed by atoms with van der Waals surface area (Å²) in [5, 5.41) is 0. The molecule has 0 spiro atoms. The first-order chi connectivity index (χ1) is 17.1. The van der Waals surface area contributed by atoms with Gasteiger partial charge < -0.3 is 14.2 Å². The van der Waals surface area contributed by atoms with E-state index in [1.165, 1.54) is 16.4 Å². The molecule has 3 heterocycles. The summed E-state index contributed by atoms with van der Waals surface area (Å²) < 4.78 is 81.9. The Balaban J connectivity index is 1.38. The van der Waals surface area contributed by atoms with Gasteiger partial charge in [-0.15, -0.1) is 0 Å². The highest BCUT2D eigenvalue weighted by Crippen LogP contribution is 2.35. The maximum atomic E-state index is 13.7. The Hall–Kier alpha value is -1.93. The second kappa shape index (κ2) is 11.2. The molecular weight excluding hydrogens is 505 g/mol. The molecule has 3 aliphatic heterocycles. The van der Waals surface area contributed by atoms with Crippen molar-refractivity contribution in [2.75, 3.05) is 32.9 Å². The molecule has 1 aromatic rings. The molecule has 4 rings (SSSR count). The van der Waals surface area contributed by atoms with E-state index in [1.807, 2.05) is 0 Å². The highest BCUT2D eigenvalue weighted by Gasteiger charge is 2.55. The van der Waals surface area contributed by atoms with Crippen molar-refractivity contribution in [3.63, 3.8) is 0 Å². The molecule has 1 N–H and O–H groups in total. The van der Waals surface area contributed by atoms with Gasteiger partial charge in [0, 0.05) is 52.2 Å². The molecule has 1 aromatic carbocycles. The molecule has 3 fully saturated rings. The first-order valence-electron chi connectivity index (χ1n) is 12.1. The third-order valence-electron chi connectivity index (χ3n) is 6.85. The molecule has 0 aliphatic carbocycles. The van der Waals surface area contributed by atoms with Gasteiger partial charge in [0.25, 0.3) is 5.91 Å². The van der Waals surface area contributed by atoms with Crippen LogP contribution in [-0.2, 0) is 35.3 Å². The van der Waals surface area contributed by atoms with Gasteiger partial charge in [-0.2, -0.15) is 13.2 Å². The molecule has 3 saturated heterocycles. The molecule has 1 unspecified atom stereocenters. The summed E-state index contributed by atoms with van der Waals surface area (Å²) in [5.41, 5.74) is 1.57. The van der Waals surface area contributed by atoms with Gasteiger partial charge in [0.1, 0.15) is 11.9 Å². The minimum absolute atomic E-state index is 0.00195. The highest BCUT2D eigenvalue weighted by atomic mass is 32.2. The van der Waals surface area contributed by atoms with Crippen LogP contribution in [0, 0.1) is 0 Å². The Morgan fingerprint density at radius 3 is 2.28 bits per heavy atom. The lowest BCUT2D eigenvalue weighted by molar-refractivity contribution is -0.202. The number of sulfonamides is 1. The minimum Gasteiger partial charge on any atom is -0.490 e. The van der Waals surface area contributed by atoms with Crippen molar-refractivity contribution in [1.82, 2.24) is 9.79 Å². The second-order valence-corrected chi connectivity index (χ2v) is 11.4. The summed E-state index contributed by atoms with van der Waals surface area (Å²) in [6.07, 6.45) is -2.34. The molecule has 1 atom stereocenters. The smallest absolute Gasteiger partial charge is 0.416 e. The first-order valence-corrected chi connectivity index (χ1v) is 13.5. The average Bonchev–Trinajstić information content (AvgIpc) is 2.88. The van der Waals surface area contributed by atoms with E-state index in [1.54, 1.807) is 0 Å². The van der Waals surface area contributed by atoms with Crippen LogP contribution >= 0.6 is 0 Å². The molecule has 3 aliphatic rings. The Kier molecular flexibility index (Phi) is 8.45. The number of benzene rings is 1. The van der Waals surface area contributed by atoms with E-state index in [4.69, 9.17) is 19.0 Å². The number of nitrogens with one attached hydrogen (secondary N) is 1. The van der Waals surface area contributed by atoms with Gasteiger partial charge in [-0.3, -0.25) is 4.79 Å². The van der Waals surface area contributed by atoms with Gasteiger partial charge in [0.15, 0.2) is 11.0 Å². The van der Waals surface area contributed by atoms with Crippen LogP contribution in [0.3, 0.4) is 0 Å². The van der Waals surface area contributed by atoms with Crippen LogP contribution in [0.4, 0.5) is 13.2 Å². The first kappa shape index (κ1) is 27.1. The Bertz CT molecular complexity index is 984. The van der Waals surface area contributed by atoms with Crippen LogP contribution in [-0.4, -0.2) is 68.7 Å². The summed E-state index contributed by atoms with van der Waals surface area (Å²) in [4.78, 5) is 18.6. The molecule has 1 amide bonds. The lowest BCUT2D eigenvalue weighted by Gasteiger charge is -2.41. The molecule has 0 radical (unpaired) electrons. The van der Waals surface area contributed by atoms with E-state index in [2.05, 4.69) is 5.48 Å². The fourth-order valence-electron chi connectivity index (χ4n) is 4.67. The number of nitrogens with zero attached hydrogens (tertiary/aromatic N) is 1. The van der Waals surface area contributed by atoms with Crippen LogP contribution < -0.4 is 10.2 Å². The van der Waals surface area contributed by atoms with Crippen molar-refractivity contribution in [3.8, 4) is 5.75 Å². The number of hydroxylamine groups is 1. The molecule has 9 nitrogen and oxygen atoms in total. The monoisotopic (exact) mass is 536 g/mol. The molecule has 0 bridgehead atoms. The van der Waals surface area contributed by atoms with Gasteiger partial charge in [-0.25, -0.2) is 23.0 Å². The Morgan fingerprint density at radius 1 is 1.03 bits per heavy atom. The number of rotatable bonds is 7. The largest absolute Gasteiger partial charge is 0.490 e. The van der Waals surface area contributed by atoms with E-state index >= 15 is 0 Å². The maximum Gasteiger partial charge on any atom is 0.416 e. The number of hydrogen-bond donors (Lipinski definition) is 1. The summed E-state index contributed by atoms with van der Waals surface area (Å²) >= 11 is 0. The van der Waals surface area contributed by atoms with E-state index in [-0.39, 0.29) is 51.0 Å². The van der Waals surface area contributed by atoms with Gasteiger partial charge in [0.2, 0.25) is 10.0 Å². The van der Waals surface area contributed by atoms with Crippen LogP contribution in [0.15, 0.2) is 24.3 Å². The minimum atomic E-state index is -4.43. The van der Waals surface area contributed by atoms with Gasteiger partial charge >= 0.3 is 6.18 Å². The predicted octanol–water partition coefficient (Wildman–Crippen LogP) is 3.00. The molecule has 36 heavy (non-hydrogen) atoms. The Labute approximate surface area is 208 Å². The summed E-state index contributed by atoms with van der Waals surface area (Å²) in [7, 11) is -4.08. The molecular formula is C23H31F3N2O7S. The zero-order chi connectivity index (χ0) is 25.8. The summed E-state index contributed by atoms with van der Waals surface area (Å²) in [6.45, 7) is 1.01. The van der Waals surface area contributed by atoms with E-state index < -0.39 is 38.7 Å². The second-order valence-electron chi connectivity index (χ2n) is 9.20. The lowest BCUT2D eigenvalue weighted by atomic mass is 9.98. The van der Waals surface area contributed by atoms with Crippen LogP contribution in [0.25, 0.3) is 0 Å². The molecule has 0 saturated carbocycles. The quantitative estimate of drug-likeness (QED) is 0.535. The number of hydrogen-bond acceptors (Lipinski definition) is 7. The number of ether oxygens (including phenoxy) is 3. The number of amides is 1. The number of carbonyl (C=O) groups excluding carboxylic acids is 1. The topological polar surface area (TPSA) is 103 Å². The van der Waals surface area contributed by atoms with E-state index in [0.717, 1.165) is 25.0 Å². The number of alkyl halides is 3. The van der Waals surface area contributed by atoms with Crippen LogP contribution in [0.2, 0.25) is 0 Å². The standard InChI is InChI=1S/C23H31F3N2O7S/c24-23(25,26)17-4-6-18(7-5-17)34-19-8-12-28(13-9-19)36(30,31)22(10-15-32-16-11-22)21(29)27-35-20-3-1-2-14-33-20/h4-7,19-20H,1-3,8-16H2,(H,27,29). The SMILES string of the molecule is O=C(NOC1CCCCO1)C1(S(=O)(=O)N2CCC(Oc3ccc(C(F)(F)F)cc3)CC2)CCOCC1. The number of carbonyl (C=O) groups is 1. The molecule has 202 valence electrons. The summed E-state index contributed by atoms with van der Waals surface area (Å²) in [6, 6.07) is 4.40. The van der Waals surface area contributed by atoms with Crippen LogP contribution in [0.5, 0.6) is 5.75 Å². The fourth-order valence-corrected chi connectivity index (χ4v) is 6.82. The summed E-state index contributed by atoms with van der Waals surface area (Å²) in [5.74, 6) is -0.449. The van der Waals surface area contributed by atoms with Crippen molar-refractivity contribution < 1.29 is 45.4 Å². The highest BCUT2D eigenvalue weighted by molar-refractivity contribution is 7.91. The maximum absolute atomic E-state index is 13.7. The van der Waals surface area contributed by atoms with Gasteiger partial charge in [-0.05, 0) is 49.9 Å². The fraction of sp³-hybridized carbons (Fsp3) is 0.696. The Morgan fingerprint density at radius 2 is 1.69 bits per heavy atom. The van der Waals surface area contributed by atoms with Crippen molar-refractivity contribution in [1.29, 1.82) is 0 Å². The molecule has 13 heteroatoms. The zero-order valence-corrected chi connectivity index (χ0v) is 20.6. The van der Waals surface area contributed by atoms with Crippen LogP contribution in [0.1, 0.15) is 50.5 Å². The molecule has 0 aromatic heterocycles. The van der Waals surface area contributed by atoms with Crippen molar-refractivity contribution >= 4 is 15.9 Å².